The number of nitrogens with zero attached hydrogens (tertiary/aromatic N) is 3. The highest BCUT2D eigenvalue weighted by Crippen LogP contribution is 2.30. The predicted octanol–water partition coefficient (Wildman–Crippen LogP) is 2.83. The van der Waals surface area contributed by atoms with Crippen LogP contribution in [-0.2, 0) is 26.2 Å². The van der Waals surface area contributed by atoms with Crippen LogP contribution in [0.15, 0.2) is 41.7 Å². The summed E-state index contributed by atoms with van der Waals surface area (Å²) in [4.78, 5) is 7.28. The van der Waals surface area contributed by atoms with Crippen molar-refractivity contribution in [2.45, 2.75) is 19.1 Å². The maximum Gasteiger partial charge on any atom is 0.435 e. The van der Waals surface area contributed by atoms with Gasteiger partial charge in [0.05, 0.1) is 0 Å². The van der Waals surface area contributed by atoms with Gasteiger partial charge in [-0.05, 0) is 18.1 Å². The molecule has 0 fully saturated rings. The van der Waals surface area contributed by atoms with Crippen LogP contribution >= 0.6 is 0 Å². The number of nitrogens with one attached hydrogen (secondary N) is 3. The highest BCUT2D eigenvalue weighted by Gasteiger charge is 2.36. The van der Waals surface area contributed by atoms with Crippen molar-refractivity contribution < 1.29 is 13.2 Å². The molecule has 2 heterocycles. The molecule has 0 spiro atoms. The number of aromatic amines is 1. The van der Waals surface area contributed by atoms with E-state index in [-0.39, 0.29) is 12.1 Å². The van der Waals surface area contributed by atoms with Gasteiger partial charge in [-0.15, -0.1) is 0 Å². The number of rotatable bonds is 5. The molecule has 0 radical (unpaired) electrons. The van der Waals surface area contributed by atoms with Gasteiger partial charge < -0.3 is 15.6 Å². The summed E-state index contributed by atoms with van der Waals surface area (Å²) in [5.74, 6) is 0.437. The molecule has 0 aliphatic heterocycles. The molecule has 0 unspecified atom stereocenters. The number of guanidine groups is 1. The minimum absolute atomic E-state index is 0.0184. The molecule has 3 N–H and O–H groups in total. The fourth-order valence-electron chi connectivity index (χ4n) is 2.96. The first-order valence-electron chi connectivity index (χ1n) is 8.47. The quantitative estimate of drug-likeness (QED) is 0.472. The summed E-state index contributed by atoms with van der Waals surface area (Å²) in [7, 11) is 3.04. The van der Waals surface area contributed by atoms with Crippen LogP contribution in [0.5, 0.6) is 0 Å². The summed E-state index contributed by atoms with van der Waals surface area (Å²) in [5, 5.41) is 10.7. The third kappa shape index (κ3) is 4.42. The summed E-state index contributed by atoms with van der Waals surface area (Å²) >= 11 is 0. The van der Waals surface area contributed by atoms with Crippen molar-refractivity contribution >= 4 is 16.9 Å². The molecule has 0 saturated heterocycles. The molecule has 0 bridgehead atoms. The van der Waals surface area contributed by atoms with Crippen molar-refractivity contribution in [3.63, 3.8) is 0 Å². The Kier molecular flexibility index (Phi) is 5.38. The Morgan fingerprint density at radius 3 is 2.74 bits per heavy atom. The second kappa shape index (κ2) is 7.73. The van der Waals surface area contributed by atoms with Gasteiger partial charge in [-0.25, -0.2) is 0 Å². The number of aromatic nitrogens is 3. The van der Waals surface area contributed by atoms with Crippen LogP contribution in [-0.4, -0.2) is 34.3 Å². The largest absolute Gasteiger partial charge is 0.435 e. The van der Waals surface area contributed by atoms with E-state index in [1.807, 2.05) is 24.4 Å². The summed E-state index contributed by atoms with van der Waals surface area (Å²) < 4.78 is 40.2. The molecule has 144 valence electrons. The molecule has 1 aromatic carbocycles. The van der Waals surface area contributed by atoms with E-state index >= 15 is 0 Å². The van der Waals surface area contributed by atoms with Gasteiger partial charge in [-0.1, -0.05) is 18.2 Å². The molecule has 0 saturated carbocycles. The van der Waals surface area contributed by atoms with Crippen LogP contribution in [0.3, 0.4) is 0 Å². The van der Waals surface area contributed by atoms with Crippen LogP contribution in [0.4, 0.5) is 13.2 Å². The van der Waals surface area contributed by atoms with E-state index in [2.05, 4.69) is 31.8 Å². The highest BCUT2D eigenvalue weighted by molar-refractivity contribution is 5.83. The van der Waals surface area contributed by atoms with Gasteiger partial charge in [0.2, 0.25) is 0 Å². The highest BCUT2D eigenvalue weighted by atomic mass is 19.4. The number of benzene rings is 1. The summed E-state index contributed by atoms with van der Waals surface area (Å²) in [6.45, 7) is 0.579. The van der Waals surface area contributed by atoms with E-state index in [1.165, 1.54) is 18.8 Å². The van der Waals surface area contributed by atoms with E-state index in [9.17, 15) is 13.2 Å². The topological polar surface area (TPSA) is 70.0 Å². The minimum Gasteiger partial charge on any atom is -0.361 e. The average molecular weight is 378 g/mol. The van der Waals surface area contributed by atoms with Gasteiger partial charge in [0.1, 0.15) is 0 Å². The lowest BCUT2D eigenvalue weighted by Crippen LogP contribution is -2.38. The van der Waals surface area contributed by atoms with E-state index in [1.54, 1.807) is 7.05 Å². The van der Waals surface area contributed by atoms with Crippen LogP contribution in [0, 0.1) is 0 Å². The number of para-hydroxylation sites is 1. The molecule has 0 atom stereocenters. The van der Waals surface area contributed by atoms with E-state index in [0.717, 1.165) is 22.0 Å². The van der Waals surface area contributed by atoms with Crippen LogP contribution in [0.2, 0.25) is 0 Å². The summed E-state index contributed by atoms with van der Waals surface area (Å²) in [6, 6.07) is 8.02. The van der Waals surface area contributed by atoms with Gasteiger partial charge in [-0.2, -0.15) is 18.3 Å². The molecule has 0 aliphatic carbocycles. The molecule has 2 aromatic heterocycles. The molecule has 6 nitrogen and oxygen atoms in total. The van der Waals surface area contributed by atoms with Crippen molar-refractivity contribution in [2.24, 2.45) is 12.0 Å². The Hall–Kier alpha value is -2.97. The smallest absolute Gasteiger partial charge is 0.361 e. The van der Waals surface area contributed by atoms with Crippen molar-refractivity contribution in [1.82, 2.24) is 25.4 Å². The number of hydrogen-bond acceptors (Lipinski definition) is 2. The normalized spacial score (nSPS) is 12.6. The number of hydrogen-bond donors (Lipinski definition) is 3. The number of fused-ring (bicyclic) bond motifs is 1. The molecule has 3 aromatic rings. The maximum absolute atomic E-state index is 13.0. The number of H-pyrrole nitrogens is 1. The second-order valence-electron chi connectivity index (χ2n) is 6.14. The molecule has 27 heavy (non-hydrogen) atoms. The van der Waals surface area contributed by atoms with Crippen molar-refractivity contribution in [1.29, 1.82) is 0 Å². The third-order valence-corrected chi connectivity index (χ3v) is 4.20. The first kappa shape index (κ1) is 18.8. The third-order valence-electron chi connectivity index (χ3n) is 4.20. The lowest BCUT2D eigenvalue weighted by Gasteiger charge is -2.12. The second-order valence-corrected chi connectivity index (χ2v) is 6.14. The average Bonchev–Trinajstić information content (AvgIpc) is 3.21. The van der Waals surface area contributed by atoms with Gasteiger partial charge >= 0.3 is 6.18 Å². The van der Waals surface area contributed by atoms with Crippen LogP contribution in [0.25, 0.3) is 10.9 Å². The Morgan fingerprint density at radius 2 is 2.00 bits per heavy atom. The Balaban J connectivity index is 1.56. The summed E-state index contributed by atoms with van der Waals surface area (Å²) in [6.07, 6.45) is -0.404. The first-order valence-corrected chi connectivity index (χ1v) is 8.47. The van der Waals surface area contributed by atoms with Gasteiger partial charge in [0, 0.05) is 56.0 Å². The molecular formula is C18H21F3N6. The molecule has 0 aliphatic rings. The SMILES string of the molecule is CN=C(NCCc1c[nH]c2ccccc12)NCc1cn(C)nc1C(F)(F)F. The minimum atomic E-state index is -4.48. The van der Waals surface area contributed by atoms with Crippen LogP contribution < -0.4 is 10.6 Å². The van der Waals surface area contributed by atoms with Crippen molar-refractivity contribution in [3.05, 3.63) is 53.5 Å². The molecule has 9 heteroatoms. The Morgan fingerprint density at radius 1 is 1.22 bits per heavy atom. The monoisotopic (exact) mass is 378 g/mol. The van der Waals surface area contributed by atoms with Crippen LogP contribution in [0.1, 0.15) is 16.8 Å². The fourth-order valence-corrected chi connectivity index (χ4v) is 2.96. The fraction of sp³-hybridized carbons (Fsp3) is 0.333. The Bertz CT molecular complexity index is 938. The maximum atomic E-state index is 13.0. The number of alkyl halides is 3. The zero-order chi connectivity index (χ0) is 19.4. The molecule has 3 rings (SSSR count). The number of halogens is 3. The number of aliphatic imine (C=N–C) groups is 1. The van der Waals surface area contributed by atoms with E-state index < -0.39 is 11.9 Å². The zero-order valence-corrected chi connectivity index (χ0v) is 15.1. The van der Waals surface area contributed by atoms with E-state index in [4.69, 9.17) is 0 Å². The zero-order valence-electron chi connectivity index (χ0n) is 15.1. The van der Waals surface area contributed by atoms with E-state index in [0.29, 0.717) is 12.5 Å². The van der Waals surface area contributed by atoms with Gasteiger partial charge in [0.25, 0.3) is 0 Å². The lowest BCUT2D eigenvalue weighted by molar-refractivity contribution is -0.142. The molecular weight excluding hydrogens is 357 g/mol. The predicted molar refractivity (Wildman–Crippen MR) is 98.4 cm³/mol. The first-order chi connectivity index (χ1) is 12.9. The molecule has 0 amide bonds. The van der Waals surface area contributed by atoms with Crippen molar-refractivity contribution in [3.8, 4) is 0 Å². The number of aryl methyl sites for hydroxylation is 1. The van der Waals surface area contributed by atoms with Crippen molar-refractivity contribution in [2.75, 3.05) is 13.6 Å². The lowest BCUT2D eigenvalue weighted by atomic mass is 10.1. The van der Waals surface area contributed by atoms with Gasteiger partial charge in [-0.3, -0.25) is 9.67 Å². The van der Waals surface area contributed by atoms with Gasteiger partial charge in [0.15, 0.2) is 11.7 Å². The Labute approximate surface area is 154 Å². The summed E-state index contributed by atoms with van der Waals surface area (Å²) in [5.41, 5.74) is 1.43. The standard InChI is InChI=1S/C18H21F3N6/c1-22-17(25-10-13-11-27(2)26-16(13)18(19,20)21)23-8-7-12-9-24-15-6-4-3-5-14(12)15/h3-6,9,11,24H,7-8,10H2,1-2H3,(H2,22,23,25).